The monoisotopic (exact) mass is 657 g/mol. The summed E-state index contributed by atoms with van der Waals surface area (Å²) in [4.78, 5) is 32.7. The van der Waals surface area contributed by atoms with Gasteiger partial charge in [0.2, 0.25) is 0 Å². The zero-order valence-electron chi connectivity index (χ0n) is 24.0. The minimum atomic E-state index is -0.819. The van der Waals surface area contributed by atoms with Crippen LogP contribution >= 0.6 is 27.3 Å². The van der Waals surface area contributed by atoms with Crippen molar-refractivity contribution in [3.63, 3.8) is 0 Å². The fourth-order valence-corrected chi connectivity index (χ4v) is 6.20. The minimum Gasteiger partial charge on any atom is -0.496 e. The number of nitrogens with zero attached hydrogens (tertiary/aromatic N) is 3. The Balaban J connectivity index is 1.62. The summed E-state index contributed by atoms with van der Waals surface area (Å²) in [5, 5.41) is 9.05. The van der Waals surface area contributed by atoms with E-state index in [9.17, 15) is 9.59 Å². The third-order valence-corrected chi connectivity index (χ3v) is 8.23. The molecular weight excluding hydrogens is 630 g/mol. The van der Waals surface area contributed by atoms with Crippen molar-refractivity contribution < 1.29 is 19.0 Å². The average molecular weight is 659 g/mol. The van der Waals surface area contributed by atoms with E-state index >= 15 is 0 Å². The number of para-hydroxylation sites is 1. The van der Waals surface area contributed by atoms with Crippen LogP contribution in [0.25, 0.3) is 6.08 Å². The topological polar surface area (TPSA) is 103 Å². The number of carbonyl (C=O) groups is 1. The Bertz CT molecular complexity index is 1950. The number of hydrogen-bond acceptors (Lipinski definition) is 8. The maximum Gasteiger partial charge on any atom is 0.338 e. The Morgan fingerprint density at radius 2 is 1.88 bits per heavy atom. The van der Waals surface area contributed by atoms with E-state index in [1.165, 1.54) is 15.9 Å². The van der Waals surface area contributed by atoms with Crippen LogP contribution in [0.15, 0.2) is 92.3 Å². The molecule has 5 rings (SSSR count). The van der Waals surface area contributed by atoms with Gasteiger partial charge in [0.1, 0.15) is 24.1 Å². The first-order chi connectivity index (χ1) is 20.7. The first-order valence-corrected chi connectivity index (χ1v) is 15.1. The van der Waals surface area contributed by atoms with Crippen LogP contribution in [-0.2, 0) is 16.1 Å². The lowest BCUT2D eigenvalue weighted by Crippen LogP contribution is -2.40. The summed E-state index contributed by atoms with van der Waals surface area (Å²) in [7, 11) is 1.55. The summed E-state index contributed by atoms with van der Waals surface area (Å²) in [6.45, 7) is 5.59. The molecule has 43 heavy (non-hydrogen) atoms. The summed E-state index contributed by atoms with van der Waals surface area (Å²) in [5.41, 5.74) is 3.27. The number of fused-ring (bicyclic) bond motifs is 1. The molecule has 8 nitrogen and oxygen atoms in total. The van der Waals surface area contributed by atoms with Crippen LogP contribution in [-0.4, -0.2) is 23.8 Å². The molecule has 1 atom stereocenters. The smallest absolute Gasteiger partial charge is 0.338 e. The summed E-state index contributed by atoms with van der Waals surface area (Å²) in [6.07, 6.45) is 1.42. The van der Waals surface area contributed by atoms with E-state index in [0.717, 1.165) is 10.0 Å². The number of benzene rings is 3. The lowest BCUT2D eigenvalue weighted by Gasteiger charge is -2.26. The van der Waals surface area contributed by atoms with Crippen LogP contribution in [0.5, 0.6) is 11.5 Å². The van der Waals surface area contributed by atoms with Gasteiger partial charge in [-0.05, 0) is 68.8 Å². The van der Waals surface area contributed by atoms with E-state index in [1.54, 1.807) is 52.2 Å². The molecule has 1 aromatic heterocycles. The third-order valence-electron chi connectivity index (χ3n) is 6.75. The predicted octanol–water partition coefficient (Wildman–Crippen LogP) is 5.41. The molecule has 1 aliphatic heterocycles. The van der Waals surface area contributed by atoms with E-state index in [2.05, 4.69) is 27.0 Å². The highest BCUT2D eigenvalue weighted by Crippen LogP contribution is 2.37. The molecule has 0 bridgehead atoms. The number of thiazole rings is 1. The highest BCUT2D eigenvalue weighted by Gasteiger charge is 2.35. The Hall–Kier alpha value is -4.46. The van der Waals surface area contributed by atoms with Crippen molar-refractivity contribution in [3.05, 3.63) is 124 Å². The molecule has 2 heterocycles. The van der Waals surface area contributed by atoms with Gasteiger partial charge in [-0.3, -0.25) is 9.36 Å². The number of methoxy groups -OCH3 is 1. The van der Waals surface area contributed by atoms with E-state index in [0.29, 0.717) is 49.8 Å². The predicted molar refractivity (Wildman–Crippen MR) is 168 cm³/mol. The van der Waals surface area contributed by atoms with Crippen molar-refractivity contribution in [2.75, 3.05) is 7.11 Å². The summed E-state index contributed by atoms with van der Waals surface area (Å²) in [5.74, 6) is 0.577. The third kappa shape index (κ3) is 6.33. The zero-order chi connectivity index (χ0) is 30.7. The summed E-state index contributed by atoms with van der Waals surface area (Å²) >= 11 is 4.76. The van der Waals surface area contributed by atoms with Gasteiger partial charge < -0.3 is 14.2 Å². The normalized spacial score (nSPS) is 14.6. The van der Waals surface area contributed by atoms with Crippen LogP contribution in [0.1, 0.15) is 49.1 Å². The van der Waals surface area contributed by atoms with E-state index in [4.69, 9.17) is 19.5 Å². The Kier molecular flexibility index (Phi) is 8.94. The molecule has 0 saturated carbocycles. The van der Waals surface area contributed by atoms with Gasteiger partial charge in [0.15, 0.2) is 4.80 Å². The lowest BCUT2D eigenvalue weighted by atomic mass is 9.95. The highest BCUT2D eigenvalue weighted by molar-refractivity contribution is 9.10. The molecule has 0 aliphatic carbocycles. The van der Waals surface area contributed by atoms with Crippen LogP contribution < -0.4 is 24.4 Å². The zero-order valence-corrected chi connectivity index (χ0v) is 26.4. The van der Waals surface area contributed by atoms with Gasteiger partial charge in [-0.2, -0.15) is 5.26 Å². The standard InChI is InChI=1S/C33H28BrN3O5S/c1-19(2)42-32(39)29-20(3)36-33-37(30(29)25-16-24(34)13-14-27(25)40-4)31(38)28(43-33)15-23-7-5-6-8-26(23)41-18-22-11-9-21(17-35)10-12-22/h5-16,19,30H,18H2,1-4H3/b28-15-/t30-/m0/s1. The molecule has 3 aromatic carbocycles. The lowest BCUT2D eigenvalue weighted by molar-refractivity contribution is -0.143. The molecule has 10 heteroatoms. The van der Waals surface area contributed by atoms with Crippen LogP contribution in [0, 0.1) is 11.3 Å². The van der Waals surface area contributed by atoms with Gasteiger partial charge in [-0.25, -0.2) is 9.79 Å². The molecular formula is C33H28BrN3O5S. The van der Waals surface area contributed by atoms with Crippen molar-refractivity contribution in [2.45, 2.75) is 39.5 Å². The summed E-state index contributed by atoms with van der Waals surface area (Å²) in [6, 6.07) is 21.4. The number of nitriles is 1. The number of hydrogen-bond donors (Lipinski definition) is 0. The first-order valence-electron chi connectivity index (χ1n) is 13.5. The molecule has 0 amide bonds. The molecule has 0 N–H and O–H groups in total. The van der Waals surface area contributed by atoms with Gasteiger partial charge >= 0.3 is 5.97 Å². The molecule has 0 saturated heterocycles. The van der Waals surface area contributed by atoms with Crippen molar-refractivity contribution in [3.8, 4) is 17.6 Å². The molecule has 1 aliphatic rings. The van der Waals surface area contributed by atoms with Crippen LogP contribution in [0.4, 0.5) is 0 Å². The molecule has 0 radical (unpaired) electrons. The number of carbonyl (C=O) groups excluding carboxylic acids is 1. The Morgan fingerprint density at radius 3 is 2.58 bits per heavy atom. The fourth-order valence-electron chi connectivity index (χ4n) is 4.78. The number of halogens is 1. The maximum atomic E-state index is 14.1. The van der Waals surface area contributed by atoms with Crippen LogP contribution in [0.3, 0.4) is 0 Å². The number of esters is 1. The van der Waals surface area contributed by atoms with Crippen molar-refractivity contribution in [2.24, 2.45) is 4.99 Å². The first kappa shape index (κ1) is 30.0. The van der Waals surface area contributed by atoms with E-state index in [-0.39, 0.29) is 17.2 Å². The summed E-state index contributed by atoms with van der Waals surface area (Å²) < 4.78 is 20.1. The van der Waals surface area contributed by atoms with Gasteiger partial charge in [0, 0.05) is 15.6 Å². The largest absolute Gasteiger partial charge is 0.496 e. The van der Waals surface area contributed by atoms with Gasteiger partial charge in [0.05, 0.1) is 40.6 Å². The average Bonchev–Trinajstić information content (AvgIpc) is 3.29. The van der Waals surface area contributed by atoms with Crippen molar-refractivity contribution in [1.82, 2.24) is 4.57 Å². The number of ether oxygens (including phenoxy) is 3. The molecule has 218 valence electrons. The molecule has 0 spiro atoms. The fraction of sp³-hybridized carbons (Fsp3) is 0.212. The van der Waals surface area contributed by atoms with Gasteiger partial charge in [-0.1, -0.05) is 57.6 Å². The second kappa shape index (κ2) is 12.8. The van der Waals surface area contributed by atoms with E-state index in [1.807, 2.05) is 48.5 Å². The quantitative estimate of drug-likeness (QED) is 0.235. The molecule has 4 aromatic rings. The SMILES string of the molecule is COc1ccc(Br)cc1[C@H]1C(C(=O)OC(C)C)=C(C)N=c2s/c(=C\c3ccccc3OCc3ccc(C#N)cc3)c(=O)n21. The number of allylic oxidation sites excluding steroid dienone is 1. The second-order valence-electron chi connectivity index (χ2n) is 10.1. The van der Waals surface area contributed by atoms with Crippen molar-refractivity contribution >= 4 is 39.3 Å². The van der Waals surface area contributed by atoms with Crippen LogP contribution in [0.2, 0.25) is 0 Å². The number of rotatable bonds is 8. The number of aromatic nitrogens is 1. The highest BCUT2D eigenvalue weighted by atomic mass is 79.9. The van der Waals surface area contributed by atoms with E-state index < -0.39 is 12.0 Å². The maximum absolute atomic E-state index is 14.1. The Morgan fingerprint density at radius 1 is 1.14 bits per heavy atom. The minimum absolute atomic E-state index is 0.273. The van der Waals surface area contributed by atoms with Crippen molar-refractivity contribution in [1.29, 1.82) is 5.26 Å². The van der Waals surface area contributed by atoms with Gasteiger partial charge in [0.25, 0.3) is 5.56 Å². The van der Waals surface area contributed by atoms with Gasteiger partial charge in [-0.15, -0.1) is 0 Å². The Labute approximate surface area is 260 Å². The second-order valence-corrected chi connectivity index (χ2v) is 12.0. The molecule has 0 unspecified atom stereocenters. The molecule has 0 fully saturated rings.